The van der Waals surface area contributed by atoms with Crippen molar-refractivity contribution < 1.29 is 0 Å². The average Bonchev–Trinajstić information content (AvgIpc) is 3.19. The molecule has 3 heterocycles. The number of aryl methyl sites for hydroxylation is 1. The van der Waals surface area contributed by atoms with Gasteiger partial charge in [0.05, 0.1) is 17.6 Å². The topological polar surface area (TPSA) is 24.3 Å². The lowest BCUT2D eigenvalue weighted by Crippen LogP contribution is -2.47. The van der Waals surface area contributed by atoms with Crippen LogP contribution in [0.4, 0.5) is 0 Å². The van der Waals surface area contributed by atoms with Crippen LogP contribution in [-0.4, -0.2) is 52.1 Å². The molecule has 2 saturated heterocycles. The molecule has 1 saturated carbocycles. The van der Waals surface area contributed by atoms with E-state index in [-0.39, 0.29) is 0 Å². The van der Waals surface area contributed by atoms with Crippen LogP contribution in [0.2, 0.25) is 0 Å². The van der Waals surface area contributed by atoms with Crippen molar-refractivity contribution in [2.45, 2.75) is 58.5 Å². The first-order valence-corrected chi connectivity index (χ1v) is 11.1. The van der Waals surface area contributed by atoms with Crippen molar-refractivity contribution in [3.8, 4) is 0 Å². The minimum Gasteiger partial charge on any atom is -0.327 e. The molecule has 5 rings (SSSR count). The minimum absolute atomic E-state index is 0.547. The Hall–Kier alpha value is -1.39. The SMILES string of the molecule is CCn1c(CN2CC[C@@]3(CCCN(CC4CCC4)C3)C2)nc2ccccc21. The van der Waals surface area contributed by atoms with Gasteiger partial charge in [0.1, 0.15) is 5.82 Å². The highest BCUT2D eigenvalue weighted by molar-refractivity contribution is 5.75. The van der Waals surface area contributed by atoms with Crippen molar-refractivity contribution >= 4 is 11.0 Å². The molecule has 2 aliphatic heterocycles. The van der Waals surface area contributed by atoms with Crippen LogP contribution in [0.15, 0.2) is 24.3 Å². The fraction of sp³-hybridized carbons (Fsp3) is 0.696. The van der Waals surface area contributed by atoms with Gasteiger partial charge in [-0.1, -0.05) is 18.6 Å². The van der Waals surface area contributed by atoms with Gasteiger partial charge in [-0.05, 0) is 75.6 Å². The Morgan fingerprint density at radius 1 is 1.04 bits per heavy atom. The zero-order valence-corrected chi connectivity index (χ0v) is 16.9. The molecule has 0 unspecified atom stereocenters. The molecule has 0 bridgehead atoms. The van der Waals surface area contributed by atoms with Crippen molar-refractivity contribution in [2.75, 3.05) is 32.7 Å². The van der Waals surface area contributed by atoms with Crippen LogP contribution in [0.5, 0.6) is 0 Å². The van der Waals surface area contributed by atoms with Gasteiger partial charge >= 0.3 is 0 Å². The Morgan fingerprint density at radius 2 is 1.89 bits per heavy atom. The number of para-hydroxylation sites is 2. The van der Waals surface area contributed by atoms with Crippen molar-refractivity contribution in [1.29, 1.82) is 0 Å². The first-order chi connectivity index (χ1) is 13.2. The van der Waals surface area contributed by atoms with E-state index >= 15 is 0 Å². The maximum absolute atomic E-state index is 4.96. The normalized spacial score (nSPS) is 27.6. The quantitative estimate of drug-likeness (QED) is 0.795. The van der Waals surface area contributed by atoms with Gasteiger partial charge in [0.2, 0.25) is 0 Å². The van der Waals surface area contributed by atoms with Crippen molar-refractivity contribution in [3.63, 3.8) is 0 Å². The van der Waals surface area contributed by atoms with E-state index in [1.165, 1.54) is 82.6 Å². The molecule has 0 radical (unpaired) electrons. The van der Waals surface area contributed by atoms with E-state index in [1.807, 2.05) is 0 Å². The van der Waals surface area contributed by atoms with Crippen LogP contribution in [0.25, 0.3) is 11.0 Å². The van der Waals surface area contributed by atoms with Crippen LogP contribution in [0, 0.1) is 11.3 Å². The summed E-state index contributed by atoms with van der Waals surface area (Å²) >= 11 is 0. The average molecular weight is 367 g/mol. The fourth-order valence-corrected chi connectivity index (χ4v) is 5.80. The summed E-state index contributed by atoms with van der Waals surface area (Å²) in [5.41, 5.74) is 2.98. The van der Waals surface area contributed by atoms with Crippen LogP contribution in [-0.2, 0) is 13.1 Å². The summed E-state index contributed by atoms with van der Waals surface area (Å²) in [5.74, 6) is 2.25. The second kappa shape index (κ2) is 7.21. The monoisotopic (exact) mass is 366 g/mol. The first kappa shape index (κ1) is 17.7. The first-order valence-electron chi connectivity index (χ1n) is 11.1. The number of rotatable bonds is 5. The Morgan fingerprint density at radius 3 is 2.70 bits per heavy atom. The molecule has 3 fully saturated rings. The van der Waals surface area contributed by atoms with E-state index in [0.717, 1.165) is 24.5 Å². The third-order valence-corrected chi connectivity index (χ3v) is 7.41. The highest BCUT2D eigenvalue weighted by Gasteiger charge is 2.42. The molecule has 2 aromatic rings. The molecule has 0 amide bonds. The third-order valence-electron chi connectivity index (χ3n) is 7.41. The molecule has 1 aromatic carbocycles. The largest absolute Gasteiger partial charge is 0.327 e. The predicted octanol–water partition coefficient (Wildman–Crippen LogP) is 4.14. The lowest BCUT2D eigenvalue weighted by Gasteiger charge is -2.43. The highest BCUT2D eigenvalue weighted by atomic mass is 15.2. The second-order valence-corrected chi connectivity index (χ2v) is 9.36. The van der Waals surface area contributed by atoms with E-state index in [2.05, 4.69) is 45.6 Å². The Balaban J connectivity index is 1.27. The summed E-state index contributed by atoms with van der Waals surface area (Å²) in [6.07, 6.45) is 8.62. The minimum atomic E-state index is 0.547. The summed E-state index contributed by atoms with van der Waals surface area (Å²) in [6, 6.07) is 8.59. The number of imidazole rings is 1. The molecule has 1 atom stereocenters. The Kier molecular flexibility index (Phi) is 4.73. The lowest BCUT2D eigenvalue weighted by molar-refractivity contribution is 0.0666. The van der Waals surface area contributed by atoms with Crippen LogP contribution in [0.1, 0.15) is 51.3 Å². The number of hydrogen-bond acceptors (Lipinski definition) is 3. The van der Waals surface area contributed by atoms with Crippen LogP contribution < -0.4 is 0 Å². The maximum atomic E-state index is 4.96. The summed E-state index contributed by atoms with van der Waals surface area (Å²) in [5, 5.41) is 0. The smallest absolute Gasteiger partial charge is 0.124 e. The number of likely N-dealkylation sites (tertiary alicyclic amines) is 2. The predicted molar refractivity (Wildman–Crippen MR) is 111 cm³/mol. The van der Waals surface area contributed by atoms with E-state index in [4.69, 9.17) is 4.98 Å². The standard InChI is InChI=1S/C23H34N4/c1-2-27-21-10-4-3-9-20(21)24-22(27)16-26-14-12-23(18-26)11-6-13-25(17-23)15-19-7-5-8-19/h3-4,9-10,19H,2,5-8,11-18H2,1H3/t23-/m1/s1. The number of fused-ring (bicyclic) bond motifs is 1. The summed E-state index contributed by atoms with van der Waals surface area (Å²) in [4.78, 5) is 10.4. The molecule has 0 N–H and O–H groups in total. The molecular weight excluding hydrogens is 332 g/mol. The summed E-state index contributed by atoms with van der Waals surface area (Å²) < 4.78 is 2.41. The Labute approximate surface area is 163 Å². The van der Waals surface area contributed by atoms with E-state index in [0.29, 0.717) is 5.41 Å². The van der Waals surface area contributed by atoms with Crippen LogP contribution >= 0.6 is 0 Å². The van der Waals surface area contributed by atoms with Gasteiger partial charge in [-0.15, -0.1) is 0 Å². The number of benzene rings is 1. The van der Waals surface area contributed by atoms with E-state index in [9.17, 15) is 0 Å². The maximum Gasteiger partial charge on any atom is 0.124 e. The lowest BCUT2D eigenvalue weighted by atomic mass is 9.78. The number of aromatic nitrogens is 2. The van der Waals surface area contributed by atoms with Gasteiger partial charge in [-0.25, -0.2) is 4.98 Å². The van der Waals surface area contributed by atoms with Crippen molar-refractivity contribution in [3.05, 3.63) is 30.1 Å². The molecule has 1 aromatic heterocycles. The Bertz CT molecular complexity index is 793. The molecule has 27 heavy (non-hydrogen) atoms. The number of nitrogens with zero attached hydrogens (tertiary/aromatic N) is 4. The van der Waals surface area contributed by atoms with Gasteiger partial charge in [0.15, 0.2) is 0 Å². The van der Waals surface area contributed by atoms with Gasteiger partial charge in [-0.3, -0.25) is 4.90 Å². The summed E-state index contributed by atoms with van der Waals surface area (Å²) in [6.45, 7) is 10.8. The molecule has 146 valence electrons. The number of hydrogen-bond donors (Lipinski definition) is 0. The van der Waals surface area contributed by atoms with Gasteiger partial charge in [-0.2, -0.15) is 0 Å². The molecule has 1 aliphatic carbocycles. The van der Waals surface area contributed by atoms with Gasteiger partial charge in [0, 0.05) is 26.2 Å². The zero-order chi connectivity index (χ0) is 18.3. The molecule has 4 heteroatoms. The molecular formula is C23H34N4. The van der Waals surface area contributed by atoms with E-state index in [1.54, 1.807) is 0 Å². The van der Waals surface area contributed by atoms with Gasteiger partial charge < -0.3 is 9.47 Å². The van der Waals surface area contributed by atoms with E-state index < -0.39 is 0 Å². The highest BCUT2D eigenvalue weighted by Crippen LogP contribution is 2.40. The fourth-order valence-electron chi connectivity index (χ4n) is 5.80. The van der Waals surface area contributed by atoms with Crippen molar-refractivity contribution in [1.82, 2.24) is 19.4 Å². The number of piperidine rings is 1. The molecule has 1 spiro atoms. The van der Waals surface area contributed by atoms with Gasteiger partial charge in [0.25, 0.3) is 0 Å². The van der Waals surface area contributed by atoms with Crippen LogP contribution in [0.3, 0.4) is 0 Å². The van der Waals surface area contributed by atoms with Crippen molar-refractivity contribution in [2.24, 2.45) is 11.3 Å². The zero-order valence-electron chi connectivity index (χ0n) is 16.9. The molecule has 4 nitrogen and oxygen atoms in total. The molecule has 3 aliphatic rings. The second-order valence-electron chi connectivity index (χ2n) is 9.36. The third kappa shape index (κ3) is 3.42. The summed E-state index contributed by atoms with van der Waals surface area (Å²) in [7, 11) is 0.